The summed E-state index contributed by atoms with van der Waals surface area (Å²) in [6.45, 7) is 9.31. The van der Waals surface area contributed by atoms with E-state index in [1.54, 1.807) is 0 Å². The molecule has 0 saturated carbocycles. The van der Waals surface area contributed by atoms with E-state index in [1.807, 2.05) is 6.92 Å². The van der Waals surface area contributed by atoms with Gasteiger partial charge >= 0.3 is 0 Å². The average molecular weight is 225 g/mol. The van der Waals surface area contributed by atoms with Crippen molar-refractivity contribution in [3.05, 3.63) is 0 Å². The van der Waals surface area contributed by atoms with Gasteiger partial charge in [-0.05, 0) is 33.6 Å². The summed E-state index contributed by atoms with van der Waals surface area (Å²) in [4.78, 5) is 16.6. The molecule has 2 aliphatic heterocycles. The van der Waals surface area contributed by atoms with Crippen LogP contribution >= 0.6 is 0 Å². The zero-order valence-corrected chi connectivity index (χ0v) is 10.6. The molecule has 16 heavy (non-hydrogen) atoms. The van der Waals surface area contributed by atoms with Crippen molar-refractivity contribution in [3.8, 4) is 0 Å². The van der Waals surface area contributed by atoms with E-state index in [-0.39, 0.29) is 11.9 Å². The number of amides is 1. The summed E-state index contributed by atoms with van der Waals surface area (Å²) in [5.74, 6) is 0.267. The lowest BCUT2D eigenvalue weighted by Crippen LogP contribution is -2.60. The quantitative estimate of drug-likeness (QED) is 0.749. The Hall–Kier alpha value is -0.610. The number of likely N-dealkylation sites (tertiary alicyclic amines) is 1. The number of hydrogen-bond acceptors (Lipinski definition) is 3. The SMILES string of the molecule is CC1NCCN(C2CCCN2C(C)C)C1=O. The van der Waals surface area contributed by atoms with Gasteiger partial charge in [0, 0.05) is 25.7 Å². The van der Waals surface area contributed by atoms with Crippen molar-refractivity contribution < 1.29 is 4.79 Å². The van der Waals surface area contributed by atoms with Crippen LogP contribution in [0.3, 0.4) is 0 Å². The standard InChI is InChI=1S/C12H23N3O/c1-9(2)14-7-4-5-11(14)15-8-6-13-10(3)12(15)16/h9-11,13H,4-8H2,1-3H3. The summed E-state index contributed by atoms with van der Waals surface area (Å²) in [7, 11) is 0. The number of nitrogens with zero attached hydrogens (tertiary/aromatic N) is 2. The number of carbonyl (C=O) groups is 1. The smallest absolute Gasteiger partial charge is 0.240 e. The minimum absolute atomic E-state index is 0.0108. The summed E-state index contributed by atoms with van der Waals surface area (Å²) >= 11 is 0. The Morgan fingerprint density at radius 1 is 1.38 bits per heavy atom. The van der Waals surface area contributed by atoms with Crippen LogP contribution in [0.25, 0.3) is 0 Å². The minimum atomic E-state index is -0.0108. The molecule has 2 unspecified atom stereocenters. The van der Waals surface area contributed by atoms with Crippen molar-refractivity contribution in [1.29, 1.82) is 0 Å². The van der Waals surface area contributed by atoms with Crippen LogP contribution in [0.4, 0.5) is 0 Å². The zero-order valence-electron chi connectivity index (χ0n) is 10.6. The molecule has 2 heterocycles. The molecule has 0 aromatic carbocycles. The first kappa shape index (κ1) is 11.9. The van der Waals surface area contributed by atoms with Gasteiger partial charge in [-0.2, -0.15) is 0 Å². The van der Waals surface area contributed by atoms with Crippen LogP contribution in [0, 0.1) is 0 Å². The molecule has 2 aliphatic rings. The predicted octanol–water partition coefficient (Wildman–Crippen LogP) is 0.637. The second-order valence-corrected chi connectivity index (χ2v) is 5.16. The molecule has 0 bridgehead atoms. The third-order valence-corrected chi connectivity index (χ3v) is 3.74. The Bertz CT molecular complexity index is 267. The second kappa shape index (κ2) is 4.72. The Labute approximate surface area is 98.0 Å². The maximum absolute atomic E-state index is 12.1. The predicted molar refractivity (Wildman–Crippen MR) is 64.0 cm³/mol. The lowest BCUT2D eigenvalue weighted by atomic mass is 10.2. The molecule has 0 spiro atoms. The maximum Gasteiger partial charge on any atom is 0.240 e. The molecule has 1 N–H and O–H groups in total. The van der Waals surface area contributed by atoms with Crippen molar-refractivity contribution in [2.45, 2.75) is 51.9 Å². The molecule has 2 saturated heterocycles. The number of rotatable bonds is 2. The number of nitrogens with one attached hydrogen (secondary N) is 1. The van der Waals surface area contributed by atoms with Gasteiger partial charge in [0.15, 0.2) is 0 Å². The molecule has 0 radical (unpaired) electrons. The first-order valence-corrected chi connectivity index (χ1v) is 6.41. The monoisotopic (exact) mass is 225 g/mol. The molecule has 92 valence electrons. The summed E-state index contributed by atoms with van der Waals surface area (Å²) in [5.41, 5.74) is 0. The lowest BCUT2D eigenvalue weighted by Gasteiger charge is -2.41. The Kier molecular flexibility index (Phi) is 3.50. The van der Waals surface area contributed by atoms with Crippen LogP contribution in [0.2, 0.25) is 0 Å². The van der Waals surface area contributed by atoms with E-state index in [4.69, 9.17) is 0 Å². The molecule has 2 atom stereocenters. The van der Waals surface area contributed by atoms with Crippen molar-refractivity contribution in [3.63, 3.8) is 0 Å². The van der Waals surface area contributed by atoms with Gasteiger partial charge in [0.25, 0.3) is 0 Å². The van der Waals surface area contributed by atoms with E-state index >= 15 is 0 Å². The molecule has 2 rings (SSSR count). The topological polar surface area (TPSA) is 35.6 Å². The number of hydrogen-bond donors (Lipinski definition) is 1. The molecule has 0 aliphatic carbocycles. The number of piperazine rings is 1. The highest BCUT2D eigenvalue weighted by atomic mass is 16.2. The van der Waals surface area contributed by atoms with Gasteiger partial charge in [-0.3, -0.25) is 9.69 Å². The van der Waals surface area contributed by atoms with Gasteiger partial charge in [-0.25, -0.2) is 0 Å². The van der Waals surface area contributed by atoms with Gasteiger partial charge in [0.2, 0.25) is 5.91 Å². The zero-order chi connectivity index (χ0) is 11.7. The average Bonchev–Trinajstić information content (AvgIpc) is 2.70. The third-order valence-electron chi connectivity index (χ3n) is 3.74. The van der Waals surface area contributed by atoms with Gasteiger partial charge in [0.05, 0.1) is 12.2 Å². The first-order valence-electron chi connectivity index (χ1n) is 6.41. The van der Waals surface area contributed by atoms with E-state index in [0.717, 1.165) is 26.1 Å². The highest BCUT2D eigenvalue weighted by Crippen LogP contribution is 2.24. The van der Waals surface area contributed by atoms with E-state index < -0.39 is 0 Å². The van der Waals surface area contributed by atoms with E-state index in [2.05, 4.69) is 29.0 Å². The largest absolute Gasteiger partial charge is 0.324 e. The molecule has 0 aromatic heterocycles. The normalized spacial score (nSPS) is 32.8. The fourth-order valence-electron chi connectivity index (χ4n) is 2.85. The Morgan fingerprint density at radius 3 is 2.81 bits per heavy atom. The lowest BCUT2D eigenvalue weighted by molar-refractivity contribution is -0.141. The maximum atomic E-state index is 12.1. The van der Waals surface area contributed by atoms with E-state index in [1.165, 1.54) is 6.42 Å². The van der Waals surface area contributed by atoms with Crippen molar-refractivity contribution in [1.82, 2.24) is 15.1 Å². The van der Waals surface area contributed by atoms with Crippen LogP contribution in [-0.4, -0.2) is 53.6 Å². The highest BCUT2D eigenvalue weighted by molar-refractivity contribution is 5.82. The van der Waals surface area contributed by atoms with Crippen LogP contribution in [0.15, 0.2) is 0 Å². The minimum Gasteiger partial charge on any atom is -0.324 e. The second-order valence-electron chi connectivity index (χ2n) is 5.16. The summed E-state index contributed by atoms with van der Waals surface area (Å²) in [6, 6.07) is 0.522. The van der Waals surface area contributed by atoms with Gasteiger partial charge < -0.3 is 10.2 Å². The molecule has 2 fully saturated rings. The fraction of sp³-hybridized carbons (Fsp3) is 0.917. The van der Waals surface area contributed by atoms with E-state index in [0.29, 0.717) is 12.2 Å². The van der Waals surface area contributed by atoms with Crippen molar-refractivity contribution in [2.75, 3.05) is 19.6 Å². The van der Waals surface area contributed by atoms with Crippen molar-refractivity contribution in [2.24, 2.45) is 0 Å². The van der Waals surface area contributed by atoms with Gasteiger partial charge in [-0.15, -0.1) is 0 Å². The Morgan fingerprint density at radius 2 is 2.12 bits per heavy atom. The van der Waals surface area contributed by atoms with Gasteiger partial charge in [-0.1, -0.05) is 0 Å². The fourth-order valence-corrected chi connectivity index (χ4v) is 2.85. The summed E-state index contributed by atoms with van der Waals surface area (Å²) in [6.07, 6.45) is 2.70. The third kappa shape index (κ3) is 2.09. The summed E-state index contributed by atoms with van der Waals surface area (Å²) < 4.78 is 0. The van der Waals surface area contributed by atoms with Crippen LogP contribution in [-0.2, 0) is 4.79 Å². The molecule has 4 nitrogen and oxygen atoms in total. The first-order chi connectivity index (χ1) is 7.61. The number of carbonyl (C=O) groups excluding carboxylic acids is 1. The molecular weight excluding hydrogens is 202 g/mol. The van der Waals surface area contributed by atoms with Crippen LogP contribution < -0.4 is 5.32 Å². The van der Waals surface area contributed by atoms with E-state index in [9.17, 15) is 4.79 Å². The van der Waals surface area contributed by atoms with Crippen molar-refractivity contribution >= 4 is 5.91 Å². The van der Waals surface area contributed by atoms with Crippen LogP contribution in [0.1, 0.15) is 33.6 Å². The highest BCUT2D eigenvalue weighted by Gasteiger charge is 2.36. The Balaban J connectivity index is 2.08. The molecular formula is C12H23N3O. The molecule has 1 amide bonds. The molecule has 4 heteroatoms. The molecule has 0 aromatic rings. The summed E-state index contributed by atoms with van der Waals surface area (Å²) in [5, 5.41) is 3.22. The van der Waals surface area contributed by atoms with Crippen LogP contribution in [0.5, 0.6) is 0 Å². The van der Waals surface area contributed by atoms with Gasteiger partial charge in [0.1, 0.15) is 0 Å².